The first kappa shape index (κ1) is 16.4. The van der Waals surface area contributed by atoms with Crippen LogP contribution in [0, 0.1) is 11.6 Å². The molecule has 1 spiro atoms. The normalized spacial score (nSPS) is 15.4. The molecule has 0 saturated heterocycles. The van der Waals surface area contributed by atoms with Crippen LogP contribution in [-0.4, -0.2) is 16.2 Å². The van der Waals surface area contributed by atoms with Crippen LogP contribution in [-0.2, 0) is 10.3 Å². The van der Waals surface area contributed by atoms with E-state index in [1.165, 1.54) is 18.2 Å². The first-order chi connectivity index (χ1) is 13.3. The van der Waals surface area contributed by atoms with Gasteiger partial charge in [-0.1, -0.05) is 0 Å². The zero-order valence-corrected chi connectivity index (χ0v) is 14.0. The summed E-state index contributed by atoms with van der Waals surface area (Å²) in [5.74, 6) is -4.05. The van der Waals surface area contributed by atoms with Gasteiger partial charge >= 0.3 is 5.97 Å². The molecule has 4 N–H and O–H groups in total. The molecule has 3 aromatic carbocycles. The highest BCUT2D eigenvalue weighted by Crippen LogP contribution is 2.57. The maximum atomic E-state index is 14.2. The third-order valence-corrected chi connectivity index (χ3v) is 4.97. The molecule has 0 amide bonds. The average Bonchev–Trinajstić information content (AvgIpc) is 2.92. The van der Waals surface area contributed by atoms with E-state index in [9.17, 15) is 23.8 Å². The number of aromatic hydroxyl groups is 2. The number of ether oxygens (including phenoxy) is 2. The second-order valence-electron chi connectivity index (χ2n) is 6.58. The first-order valence-electron chi connectivity index (χ1n) is 8.18. The molecular formula is C20H11F2NO5. The molecule has 0 aliphatic carbocycles. The number of esters is 1. The quantitative estimate of drug-likeness (QED) is 0.406. The molecule has 0 saturated carbocycles. The minimum Gasteiger partial charge on any atom is -0.505 e. The minimum atomic E-state index is -1.76. The molecule has 3 aromatic rings. The number of carbonyl (C=O) groups is 1. The van der Waals surface area contributed by atoms with Crippen LogP contribution in [0.3, 0.4) is 0 Å². The van der Waals surface area contributed by atoms with Crippen molar-refractivity contribution in [1.82, 2.24) is 0 Å². The number of anilines is 1. The lowest BCUT2D eigenvalue weighted by Gasteiger charge is -2.36. The molecular weight excluding hydrogens is 372 g/mol. The second-order valence-corrected chi connectivity index (χ2v) is 6.58. The molecule has 0 fully saturated rings. The molecule has 0 unspecified atom stereocenters. The molecule has 5 rings (SSSR count). The lowest BCUT2D eigenvalue weighted by molar-refractivity contribution is 0.0221. The van der Waals surface area contributed by atoms with Crippen LogP contribution < -0.4 is 10.5 Å². The van der Waals surface area contributed by atoms with Crippen molar-refractivity contribution >= 4 is 11.7 Å². The van der Waals surface area contributed by atoms with Crippen LogP contribution in [0.5, 0.6) is 23.0 Å². The highest BCUT2D eigenvalue weighted by Gasteiger charge is 2.54. The van der Waals surface area contributed by atoms with Crippen molar-refractivity contribution in [3.05, 3.63) is 76.4 Å². The van der Waals surface area contributed by atoms with Crippen LogP contribution >= 0.6 is 0 Å². The van der Waals surface area contributed by atoms with Crippen molar-refractivity contribution in [2.45, 2.75) is 5.60 Å². The van der Waals surface area contributed by atoms with Gasteiger partial charge in [-0.15, -0.1) is 0 Å². The number of hydrogen-bond donors (Lipinski definition) is 3. The van der Waals surface area contributed by atoms with Crippen molar-refractivity contribution in [2.75, 3.05) is 5.73 Å². The molecule has 140 valence electrons. The summed E-state index contributed by atoms with van der Waals surface area (Å²) in [7, 11) is 0. The fraction of sp³-hybridized carbons (Fsp3) is 0.0500. The number of nitrogens with two attached hydrogens (primary N) is 1. The standard InChI is InChI=1S/C20H11F2NO5/c21-13-4-11-17(6-15(13)24)27-18-7-16(25)14(22)5-12(18)20(11)10-3-8(23)1-2-9(10)19(26)28-20/h1-7,24-25H,23H2. The van der Waals surface area contributed by atoms with E-state index in [0.717, 1.165) is 24.3 Å². The van der Waals surface area contributed by atoms with E-state index in [0.29, 0.717) is 5.69 Å². The first-order valence-corrected chi connectivity index (χ1v) is 8.18. The van der Waals surface area contributed by atoms with Gasteiger partial charge in [0.05, 0.1) is 16.7 Å². The van der Waals surface area contributed by atoms with E-state index in [2.05, 4.69) is 0 Å². The van der Waals surface area contributed by atoms with Gasteiger partial charge in [0, 0.05) is 23.4 Å². The summed E-state index contributed by atoms with van der Waals surface area (Å²) in [6.45, 7) is 0. The lowest BCUT2D eigenvalue weighted by Crippen LogP contribution is -2.33. The van der Waals surface area contributed by atoms with Gasteiger partial charge in [0.1, 0.15) is 11.5 Å². The van der Waals surface area contributed by atoms with Crippen molar-refractivity contribution in [3.8, 4) is 23.0 Å². The number of phenolic OH excluding ortho intramolecular Hbond substituents is 2. The summed E-state index contributed by atoms with van der Waals surface area (Å²) in [4.78, 5) is 12.6. The number of nitrogen functional groups attached to an aromatic ring is 1. The maximum Gasteiger partial charge on any atom is 0.340 e. The summed E-state index contributed by atoms with van der Waals surface area (Å²) in [5.41, 5.74) is 5.00. The smallest absolute Gasteiger partial charge is 0.340 e. The number of rotatable bonds is 0. The van der Waals surface area contributed by atoms with Crippen molar-refractivity contribution in [2.24, 2.45) is 0 Å². The van der Waals surface area contributed by atoms with E-state index in [-0.39, 0.29) is 33.8 Å². The summed E-state index contributed by atoms with van der Waals surface area (Å²) < 4.78 is 39.8. The molecule has 0 aromatic heterocycles. The molecule has 2 heterocycles. The molecule has 0 bridgehead atoms. The van der Waals surface area contributed by atoms with Gasteiger partial charge in [-0.2, -0.15) is 0 Å². The molecule has 8 heteroatoms. The Kier molecular flexibility index (Phi) is 3.00. The Bertz CT molecular complexity index is 1150. The van der Waals surface area contributed by atoms with Gasteiger partial charge in [0.25, 0.3) is 0 Å². The fourth-order valence-corrected chi connectivity index (χ4v) is 3.75. The van der Waals surface area contributed by atoms with E-state index >= 15 is 0 Å². The molecule has 28 heavy (non-hydrogen) atoms. The Morgan fingerprint density at radius 2 is 1.43 bits per heavy atom. The average molecular weight is 383 g/mol. The highest BCUT2D eigenvalue weighted by molar-refractivity contribution is 5.97. The van der Waals surface area contributed by atoms with Crippen LogP contribution in [0.15, 0.2) is 42.5 Å². The minimum absolute atomic E-state index is 0.0134. The predicted molar refractivity (Wildman–Crippen MR) is 92.4 cm³/mol. The summed E-state index contributed by atoms with van der Waals surface area (Å²) in [5, 5.41) is 19.5. The molecule has 6 nitrogen and oxygen atoms in total. The zero-order valence-electron chi connectivity index (χ0n) is 14.0. The highest BCUT2D eigenvalue weighted by atomic mass is 19.1. The van der Waals surface area contributed by atoms with Gasteiger partial charge < -0.3 is 25.4 Å². The molecule has 0 radical (unpaired) electrons. The maximum absolute atomic E-state index is 14.2. The zero-order chi connectivity index (χ0) is 19.8. The van der Waals surface area contributed by atoms with Gasteiger partial charge in [-0.25, -0.2) is 13.6 Å². The van der Waals surface area contributed by atoms with Crippen LogP contribution in [0.25, 0.3) is 0 Å². The second kappa shape index (κ2) is 5.13. The Balaban J connectivity index is 1.94. The van der Waals surface area contributed by atoms with Gasteiger partial charge in [0.15, 0.2) is 28.7 Å². The number of fused-ring (bicyclic) bond motifs is 6. The number of hydrogen-bond acceptors (Lipinski definition) is 6. The van der Waals surface area contributed by atoms with Gasteiger partial charge in [-0.05, 0) is 30.3 Å². The van der Waals surface area contributed by atoms with Crippen molar-refractivity contribution < 1.29 is 33.3 Å². The van der Waals surface area contributed by atoms with E-state index in [1.54, 1.807) is 0 Å². The summed E-state index contributed by atoms with van der Waals surface area (Å²) in [6.07, 6.45) is 0. The van der Waals surface area contributed by atoms with Crippen LogP contribution in [0.1, 0.15) is 27.0 Å². The third kappa shape index (κ3) is 1.91. The predicted octanol–water partition coefficient (Wildman–Crippen LogP) is 3.53. The van der Waals surface area contributed by atoms with Crippen molar-refractivity contribution in [3.63, 3.8) is 0 Å². The topological polar surface area (TPSA) is 102 Å². The number of halogens is 2. The SMILES string of the molecule is Nc1ccc2c(c1)C1(OC2=O)c2cc(F)c(O)cc2Oc2cc(O)c(F)cc21. The summed E-state index contributed by atoms with van der Waals surface area (Å²) >= 11 is 0. The Hall–Kier alpha value is -3.81. The third-order valence-electron chi connectivity index (χ3n) is 4.97. The largest absolute Gasteiger partial charge is 0.505 e. The Labute approximate surface area is 156 Å². The van der Waals surface area contributed by atoms with Crippen LogP contribution in [0.2, 0.25) is 0 Å². The molecule has 0 atom stereocenters. The molecule has 2 aliphatic heterocycles. The summed E-state index contributed by atoms with van der Waals surface area (Å²) in [6, 6.07) is 8.42. The monoisotopic (exact) mass is 383 g/mol. The van der Waals surface area contributed by atoms with Gasteiger partial charge in [-0.3, -0.25) is 0 Å². The Morgan fingerprint density at radius 3 is 2.00 bits per heavy atom. The molecule has 2 aliphatic rings. The lowest BCUT2D eigenvalue weighted by atomic mass is 9.77. The fourth-order valence-electron chi connectivity index (χ4n) is 3.75. The Morgan fingerprint density at radius 1 is 0.857 bits per heavy atom. The number of carbonyl (C=O) groups excluding carboxylic acids is 1. The van der Waals surface area contributed by atoms with Gasteiger partial charge in [0.2, 0.25) is 0 Å². The van der Waals surface area contributed by atoms with Crippen molar-refractivity contribution in [1.29, 1.82) is 0 Å². The van der Waals surface area contributed by atoms with Crippen LogP contribution in [0.4, 0.5) is 14.5 Å². The van der Waals surface area contributed by atoms with E-state index in [1.807, 2.05) is 0 Å². The van der Waals surface area contributed by atoms with E-state index < -0.39 is 34.7 Å². The van der Waals surface area contributed by atoms with E-state index in [4.69, 9.17) is 15.2 Å². The number of benzene rings is 3. The number of phenols is 2.